The molecule has 0 aromatic heterocycles. The fraction of sp³-hybridized carbons (Fsp3) is 0.417. The van der Waals surface area contributed by atoms with Crippen LogP contribution in [0, 0.1) is 22.6 Å². The van der Waals surface area contributed by atoms with Crippen molar-refractivity contribution in [2.45, 2.75) is 37.6 Å². The summed E-state index contributed by atoms with van der Waals surface area (Å²) in [7, 11) is 0. The molecule has 2 aromatic rings. The van der Waals surface area contributed by atoms with Crippen molar-refractivity contribution in [2.75, 3.05) is 19.6 Å². The van der Waals surface area contributed by atoms with Gasteiger partial charge in [-0.05, 0) is 48.4 Å². The van der Waals surface area contributed by atoms with Crippen LogP contribution >= 0.6 is 0 Å². The molecule has 150 valence electrons. The average Bonchev–Trinajstić information content (AvgIpc) is 3.53. The Kier molecular flexibility index (Phi) is 5.64. The Labute approximate surface area is 171 Å². The van der Waals surface area contributed by atoms with Crippen molar-refractivity contribution in [3.63, 3.8) is 0 Å². The molecule has 1 saturated carbocycles. The lowest BCUT2D eigenvalue weighted by Gasteiger charge is -2.41. The highest BCUT2D eigenvalue weighted by atomic mass is 19.1. The number of carbonyl (C=O) groups excluding carboxylic acids is 1. The van der Waals surface area contributed by atoms with E-state index < -0.39 is 5.82 Å². The Balaban J connectivity index is 1.33. The van der Waals surface area contributed by atoms with Gasteiger partial charge in [0.15, 0.2) is 0 Å². The number of rotatable bonds is 6. The molecule has 5 heteroatoms. The van der Waals surface area contributed by atoms with E-state index in [1.165, 1.54) is 17.7 Å². The zero-order valence-electron chi connectivity index (χ0n) is 16.5. The van der Waals surface area contributed by atoms with Crippen LogP contribution in [0.3, 0.4) is 0 Å². The second kappa shape index (κ2) is 8.34. The third kappa shape index (κ3) is 4.49. The molecular weight excluding hydrogens is 365 g/mol. The summed E-state index contributed by atoms with van der Waals surface area (Å²) in [6, 6.07) is 19.2. The van der Waals surface area contributed by atoms with Crippen LogP contribution in [0.25, 0.3) is 0 Å². The van der Waals surface area contributed by atoms with Gasteiger partial charge < -0.3 is 10.2 Å². The van der Waals surface area contributed by atoms with Gasteiger partial charge in [-0.15, -0.1) is 0 Å². The number of likely N-dealkylation sites (tertiary alicyclic amines) is 1. The molecule has 0 bridgehead atoms. The van der Waals surface area contributed by atoms with Crippen LogP contribution in [-0.4, -0.2) is 36.5 Å². The lowest BCUT2D eigenvalue weighted by atomic mass is 9.75. The smallest absolute Gasteiger partial charge is 0.253 e. The van der Waals surface area contributed by atoms with Gasteiger partial charge in [0.1, 0.15) is 5.82 Å². The number of nitrogens with one attached hydrogen (secondary N) is 1. The van der Waals surface area contributed by atoms with Gasteiger partial charge in [0.2, 0.25) is 0 Å². The van der Waals surface area contributed by atoms with Crippen molar-refractivity contribution in [2.24, 2.45) is 5.41 Å². The van der Waals surface area contributed by atoms with Gasteiger partial charge >= 0.3 is 0 Å². The molecule has 4 rings (SSSR count). The summed E-state index contributed by atoms with van der Waals surface area (Å²) in [4.78, 5) is 14.5. The Hall–Kier alpha value is -2.71. The number of hydrogen-bond donors (Lipinski definition) is 1. The normalized spacial score (nSPS) is 22.7. The summed E-state index contributed by atoms with van der Waals surface area (Å²) in [5.74, 6) is 0.0348. The molecule has 4 nitrogen and oxygen atoms in total. The third-order valence-corrected chi connectivity index (χ3v) is 6.39. The minimum Gasteiger partial charge on any atom is -0.339 e. The maximum Gasteiger partial charge on any atom is 0.253 e. The molecule has 1 aliphatic heterocycles. The molecule has 2 atom stereocenters. The second-order valence-corrected chi connectivity index (χ2v) is 8.38. The Bertz CT molecular complexity index is 900. The topological polar surface area (TPSA) is 56.1 Å². The van der Waals surface area contributed by atoms with Gasteiger partial charge in [-0.2, -0.15) is 5.26 Å². The average molecular weight is 391 g/mol. The van der Waals surface area contributed by atoms with Crippen LogP contribution < -0.4 is 5.32 Å². The standard InChI is InChI=1S/C24H26FN3O/c25-20-8-4-7-19(15-20)23(29)28-13-10-24(9-12-26,11-14-28)17-27-22-16-21(22)18-5-2-1-3-6-18/h1-8,15,21-22,27H,9-11,13-14,16-17H2/t21-,22+/m0/s1. The van der Waals surface area contributed by atoms with Gasteiger partial charge in [-0.25, -0.2) is 4.39 Å². The van der Waals surface area contributed by atoms with Crippen LogP contribution in [0.1, 0.15) is 47.5 Å². The van der Waals surface area contributed by atoms with E-state index in [0.717, 1.165) is 25.8 Å². The lowest BCUT2D eigenvalue weighted by molar-refractivity contribution is 0.0580. The number of nitriles is 1. The summed E-state index contributed by atoms with van der Waals surface area (Å²) < 4.78 is 13.4. The van der Waals surface area contributed by atoms with Gasteiger partial charge in [0.05, 0.1) is 6.07 Å². The van der Waals surface area contributed by atoms with E-state index in [4.69, 9.17) is 0 Å². The number of hydrogen-bond acceptors (Lipinski definition) is 3. The number of halogens is 1. The molecule has 0 radical (unpaired) electrons. The lowest BCUT2D eigenvalue weighted by Crippen LogP contribution is -2.47. The summed E-state index contributed by atoms with van der Waals surface area (Å²) in [5, 5.41) is 13.1. The first-order valence-electron chi connectivity index (χ1n) is 10.3. The maximum absolute atomic E-state index is 13.4. The first-order chi connectivity index (χ1) is 14.1. The van der Waals surface area contributed by atoms with E-state index in [9.17, 15) is 14.4 Å². The molecule has 2 aliphatic rings. The zero-order valence-corrected chi connectivity index (χ0v) is 16.5. The van der Waals surface area contributed by atoms with E-state index in [1.807, 2.05) is 6.07 Å². The number of piperidine rings is 1. The SMILES string of the molecule is N#CCC1(CN[C@@H]2C[C@H]2c2ccccc2)CCN(C(=O)c2cccc(F)c2)CC1. The maximum atomic E-state index is 13.4. The Morgan fingerprint density at radius 2 is 1.93 bits per heavy atom. The number of carbonyl (C=O) groups is 1. The minimum atomic E-state index is -0.395. The van der Waals surface area contributed by atoms with E-state index in [-0.39, 0.29) is 11.3 Å². The fourth-order valence-electron chi connectivity index (χ4n) is 4.41. The van der Waals surface area contributed by atoms with Crippen molar-refractivity contribution < 1.29 is 9.18 Å². The first kappa shape index (κ1) is 19.6. The summed E-state index contributed by atoms with van der Waals surface area (Å²) in [5.41, 5.74) is 1.66. The molecule has 1 heterocycles. The van der Waals surface area contributed by atoms with Crippen molar-refractivity contribution in [1.29, 1.82) is 5.26 Å². The number of amides is 1. The molecule has 1 amide bonds. The highest BCUT2D eigenvalue weighted by Gasteiger charge is 2.41. The van der Waals surface area contributed by atoms with Crippen LogP contribution in [0.2, 0.25) is 0 Å². The van der Waals surface area contributed by atoms with Crippen LogP contribution in [0.15, 0.2) is 54.6 Å². The van der Waals surface area contributed by atoms with Gasteiger partial charge in [-0.1, -0.05) is 36.4 Å². The molecule has 1 saturated heterocycles. The predicted octanol–water partition coefficient (Wildman–Crippen LogP) is 4.11. The second-order valence-electron chi connectivity index (χ2n) is 8.38. The van der Waals surface area contributed by atoms with Gasteiger partial charge in [-0.3, -0.25) is 4.79 Å². The fourth-order valence-corrected chi connectivity index (χ4v) is 4.41. The van der Waals surface area contributed by atoms with Crippen LogP contribution in [-0.2, 0) is 0 Å². The monoisotopic (exact) mass is 391 g/mol. The van der Waals surface area contributed by atoms with Crippen molar-refractivity contribution in [3.8, 4) is 6.07 Å². The zero-order chi connectivity index (χ0) is 20.3. The largest absolute Gasteiger partial charge is 0.339 e. The number of benzene rings is 2. The van der Waals surface area contributed by atoms with Gasteiger partial charge in [0, 0.05) is 43.6 Å². The molecule has 0 spiro atoms. The predicted molar refractivity (Wildman–Crippen MR) is 110 cm³/mol. The molecule has 2 aromatic carbocycles. The highest BCUT2D eigenvalue weighted by Crippen LogP contribution is 2.42. The van der Waals surface area contributed by atoms with E-state index >= 15 is 0 Å². The summed E-state index contributed by atoms with van der Waals surface area (Å²) >= 11 is 0. The van der Waals surface area contributed by atoms with Crippen LogP contribution in [0.5, 0.6) is 0 Å². The molecule has 0 unspecified atom stereocenters. The third-order valence-electron chi connectivity index (χ3n) is 6.39. The highest BCUT2D eigenvalue weighted by molar-refractivity contribution is 5.94. The van der Waals surface area contributed by atoms with Crippen LogP contribution in [0.4, 0.5) is 4.39 Å². The van der Waals surface area contributed by atoms with E-state index in [1.54, 1.807) is 17.0 Å². The Morgan fingerprint density at radius 1 is 1.17 bits per heavy atom. The minimum absolute atomic E-state index is 0.0999. The van der Waals surface area contributed by atoms with Crippen molar-refractivity contribution in [3.05, 3.63) is 71.5 Å². The van der Waals surface area contributed by atoms with Crippen molar-refractivity contribution in [1.82, 2.24) is 10.2 Å². The van der Waals surface area contributed by atoms with E-state index in [0.29, 0.717) is 37.0 Å². The molecule has 1 aliphatic carbocycles. The van der Waals surface area contributed by atoms with E-state index in [2.05, 4.69) is 35.7 Å². The van der Waals surface area contributed by atoms with Gasteiger partial charge in [0.25, 0.3) is 5.91 Å². The summed E-state index contributed by atoms with van der Waals surface area (Å²) in [6.07, 6.45) is 3.20. The summed E-state index contributed by atoms with van der Waals surface area (Å²) in [6.45, 7) is 2.01. The molecule has 2 fully saturated rings. The van der Waals surface area contributed by atoms with Crippen molar-refractivity contribution >= 4 is 5.91 Å². The first-order valence-corrected chi connectivity index (χ1v) is 10.3. The Morgan fingerprint density at radius 3 is 2.62 bits per heavy atom. The quantitative estimate of drug-likeness (QED) is 0.806. The molecular formula is C24H26FN3O. The molecule has 29 heavy (non-hydrogen) atoms. The molecule has 1 N–H and O–H groups in total. The number of nitrogens with zero attached hydrogens (tertiary/aromatic N) is 2.